The van der Waals surface area contributed by atoms with Gasteiger partial charge in [-0.1, -0.05) is 0 Å². The SMILES string of the molecule is O=C(CN1CCNCC1)NCCc1nc(C(=O)O)cs1. The number of thiazole rings is 1. The van der Waals surface area contributed by atoms with Crippen LogP contribution in [-0.2, 0) is 11.2 Å². The largest absolute Gasteiger partial charge is 0.476 e. The standard InChI is InChI=1S/C12H18N4O3S/c17-10(7-16-5-3-13-4-6-16)14-2-1-11-15-9(8-20-11)12(18)19/h8,13H,1-7H2,(H,14,17)(H,18,19). The summed E-state index contributed by atoms with van der Waals surface area (Å²) in [5.41, 5.74) is 0.0668. The van der Waals surface area contributed by atoms with Gasteiger partial charge in [-0.2, -0.15) is 0 Å². The Kier molecular flexibility index (Phi) is 5.45. The fraction of sp³-hybridized carbons (Fsp3) is 0.583. The van der Waals surface area contributed by atoms with Gasteiger partial charge in [-0.3, -0.25) is 9.69 Å². The zero-order chi connectivity index (χ0) is 14.4. The lowest BCUT2D eigenvalue weighted by Crippen LogP contribution is -2.47. The van der Waals surface area contributed by atoms with E-state index in [9.17, 15) is 9.59 Å². The lowest BCUT2D eigenvalue weighted by Gasteiger charge is -2.26. The van der Waals surface area contributed by atoms with Crippen LogP contribution in [0.1, 0.15) is 15.5 Å². The Bertz CT molecular complexity index is 471. The molecule has 1 amide bonds. The van der Waals surface area contributed by atoms with Crippen molar-refractivity contribution < 1.29 is 14.7 Å². The van der Waals surface area contributed by atoms with Crippen molar-refractivity contribution in [1.29, 1.82) is 0 Å². The highest BCUT2D eigenvalue weighted by Crippen LogP contribution is 2.09. The van der Waals surface area contributed by atoms with Crippen molar-refractivity contribution in [2.75, 3.05) is 39.3 Å². The molecule has 1 fully saturated rings. The van der Waals surface area contributed by atoms with Crippen molar-refractivity contribution in [3.05, 3.63) is 16.1 Å². The third kappa shape index (κ3) is 4.55. The van der Waals surface area contributed by atoms with Gasteiger partial charge in [0.15, 0.2) is 5.69 Å². The Labute approximate surface area is 121 Å². The van der Waals surface area contributed by atoms with Gasteiger partial charge in [-0.15, -0.1) is 11.3 Å². The molecule has 1 saturated heterocycles. The molecule has 0 radical (unpaired) electrons. The van der Waals surface area contributed by atoms with E-state index < -0.39 is 5.97 Å². The third-order valence-corrected chi connectivity index (χ3v) is 3.92. The lowest BCUT2D eigenvalue weighted by atomic mass is 10.3. The Morgan fingerprint density at radius 3 is 2.85 bits per heavy atom. The number of aromatic nitrogens is 1. The number of piperazine rings is 1. The number of carbonyl (C=O) groups excluding carboxylic acids is 1. The monoisotopic (exact) mass is 298 g/mol. The van der Waals surface area contributed by atoms with Crippen LogP contribution < -0.4 is 10.6 Å². The number of carboxylic acids is 1. The van der Waals surface area contributed by atoms with E-state index in [4.69, 9.17) is 5.11 Å². The Morgan fingerprint density at radius 1 is 1.45 bits per heavy atom. The van der Waals surface area contributed by atoms with Crippen LogP contribution in [0.4, 0.5) is 0 Å². The molecule has 1 aliphatic heterocycles. The van der Waals surface area contributed by atoms with Gasteiger partial charge in [0, 0.05) is 44.5 Å². The summed E-state index contributed by atoms with van der Waals surface area (Å²) >= 11 is 1.30. The molecule has 0 bridgehead atoms. The number of nitrogens with one attached hydrogen (secondary N) is 2. The number of amides is 1. The van der Waals surface area contributed by atoms with Crippen molar-refractivity contribution in [3.63, 3.8) is 0 Å². The molecular weight excluding hydrogens is 280 g/mol. The van der Waals surface area contributed by atoms with Crippen molar-refractivity contribution >= 4 is 23.2 Å². The van der Waals surface area contributed by atoms with E-state index in [1.54, 1.807) is 0 Å². The Hall–Kier alpha value is -1.51. The highest BCUT2D eigenvalue weighted by molar-refractivity contribution is 7.09. The molecule has 0 spiro atoms. The fourth-order valence-corrected chi connectivity index (χ4v) is 2.73. The molecule has 110 valence electrons. The highest BCUT2D eigenvalue weighted by Gasteiger charge is 2.13. The molecule has 0 aliphatic carbocycles. The minimum atomic E-state index is -1.02. The summed E-state index contributed by atoms with van der Waals surface area (Å²) in [6.07, 6.45) is 0.561. The molecule has 1 aromatic rings. The molecule has 0 aromatic carbocycles. The molecule has 0 atom stereocenters. The number of carboxylic acid groups (broad SMARTS) is 1. The minimum Gasteiger partial charge on any atom is -0.476 e. The molecule has 0 unspecified atom stereocenters. The van der Waals surface area contributed by atoms with Crippen LogP contribution in [0.25, 0.3) is 0 Å². The zero-order valence-electron chi connectivity index (χ0n) is 11.1. The van der Waals surface area contributed by atoms with Gasteiger partial charge in [0.2, 0.25) is 5.91 Å². The minimum absolute atomic E-state index is 0.00177. The maximum absolute atomic E-state index is 11.7. The van der Waals surface area contributed by atoms with Crippen molar-refractivity contribution in [2.24, 2.45) is 0 Å². The normalized spacial score (nSPS) is 16.0. The number of aromatic carboxylic acids is 1. The average Bonchev–Trinajstić information content (AvgIpc) is 2.89. The van der Waals surface area contributed by atoms with Gasteiger partial charge in [0.1, 0.15) is 0 Å². The van der Waals surface area contributed by atoms with Gasteiger partial charge in [-0.05, 0) is 0 Å². The molecule has 2 heterocycles. The summed E-state index contributed by atoms with van der Waals surface area (Å²) in [5, 5.41) is 17.1. The molecule has 1 aliphatic rings. The maximum Gasteiger partial charge on any atom is 0.355 e. The van der Waals surface area contributed by atoms with E-state index in [1.807, 2.05) is 0 Å². The number of hydrogen-bond donors (Lipinski definition) is 3. The molecule has 20 heavy (non-hydrogen) atoms. The molecule has 7 nitrogen and oxygen atoms in total. The molecule has 1 aromatic heterocycles. The summed E-state index contributed by atoms with van der Waals surface area (Å²) in [5.74, 6) is -1.02. The summed E-state index contributed by atoms with van der Waals surface area (Å²) < 4.78 is 0. The molecule has 3 N–H and O–H groups in total. The third-order valence-electron chi connectivity index (χ3n) is 3.01. The fourth-order valence-electron chi connectivity index (χ4n) is 1.96. The number of hydrogen-bond acceptors (Lipinski definition) is 6. The lowest BCUT2D eigenvalue weighted by molar-refractivity contribution is -0.122. The van der Waals surface area contributed by atoms with E-state index in [1.165, 1.54) is 16.7 Å². The number of nitrogens with zero attached hydrogens (tertiary/aromatic N) is 2. The van der Waals surface area contributed by atoms with Gasteiger partial charge in [0.05, 0.1) is 11.6 Å². The average molecular weight is 298 g/mol. The Balaban J connectivity index is 1.66. The topological polar surface area (TPSA) is 94.6 Å². The highest BCUT2D eigenvalue weighted by atomic mass is 32.1. The number of carbonyl (C=O) groups is 2. The van der Waals surface area contributed by atoms with Crippen molar-refractivity contribution in [3.8, 4) is 0 Å². The van der Waals surface area contributed by atoms with E-state index >= 15 is 0 Å². The van der Waals surface area contributed by atoms with Crippen LogP contribution in [0.15, 0.2) is 5.38 Å². The van der Waals surface area contributed by atoms with E-state index in [2.05, 4.69) is 20.5 Å². The van der Waals surface area contributed by atoms with Gasteiger partial charge >= 0.3 is 5.97 Å². The van der Waals surface area contributed by atoms with Gasteiger partial charge in [0.25, 0.3) is 0 Å². The molecule has 2 rings (SSSR count). The summed E-state index contributed by atoms with van der Waals surface area (Å²) in [6, 6.07) is 0. The molecule has 0 saturated carbocycles. The second-order valence-corrected chi connectivity index (χ2v) is 5.50. The van der Waals surface area contributed by atoms with Crippen LogP contribution in [0.2, 0.25) is 0 Å². The van der Waals surface area contributed by atoms with E-state index in [0.717, 1.165) is 31.2 Å². The van der Waals surface area contributed by atoms with E-state index in [0.29, 0.717) is 19.5 Å². The summed E-state index contributed by atoms with van der Waals surface area (Å²) in [7, 11) is 0. The smallest absolute Gasteiger partial charge is 0.355 e. The van der Waals surface area contributed by atoms with Crippen LogP contribution >= 0.6 is 11.3 Å². The van der Waals surface area contributed by atoms with Gasteiger partial charge < -0.3 is 15.7 Å². The van der Waals surface area contributed by atoms with Crippen LogP contribution in [0, 0.1) is 0 Å². The summed E-state index contributed by atoms with van der Waals surface area (Å²) in [6.45, 7) is 4.52. The zero-order valence-corrected chi connectivity index (χ0v) is 11.9. The van der Waals surface area contributed by atoms with Crippen LogP contribution in [0.5, 0.6) is 0 Å². The first kappa shape index (κ1) is 14.9. The number of rotatable bonds is 6. The second-order valence-electron chi connectivity index (χ2n) is 4.56. The quantitative estimate of drug-likeness (QED) is 0.649. The Morgan fingerprint density at radius 2 is 2.20 bits per heavy atom. The van der Waals surface area contributed by atoms with Crippen LogP contribution in [-0.4, -0.2) is 66.1 Å². The first-order valence-corrected chi connectivity index (χ1v) is 7.40. The first-order valence-electron chi connectivity index (χ1n) is 6.52. The van der Waals surface area contributed by atoms with Crippen molar-refractivity contribution in [2.45, 2.75) is 6.42 Å². The maximum atomic E-state index is 11.7. The molecular formula is C12H18N4O3S. The summed E-state index contributed by atoms with van der Waals surface area (Å²) in [4.78, 5) is 28.5. The second kappa shape index (κ2) is 7.32. The molecule has 8 heteroatoms. The van der Waals surface area contributed by atoms with Crippen molar-refractivity contribution in [1.82, 2.24) is 20.5 Å². The van der Waals surface area contributed by atoms with E-state index in [-0.39, 0.29) is 11.6 Å². The van der Waals surface area contributed by atoms with Gasteiger partial charge in [-0.25, -0.2) is 9.78 Å². The van der Waals surface area contributed by atoms with Crippen LogP contribution in [0.3, 0.4) is 0 Å². The first-order chi connectivity index (χ1) is 9.65. The predicted molar refractivity (Wildman–Crippen MR) is 75.1 cm³/mol. The predicted octanol–water partition coefficient (Wildman–Crippen LogP) is -0.595.